The first kappa shape index (κ1) is 21.0. The van der Waals surface area contributed by atoms with Gasteiger partial charge in [0.25, 0.3) is 0 Å². The molecule has 3 heterocycles. The number of rotatable bonds is 7. The zero-order valence-electron chi connectivity index (χ0n) is 17.4. The van der Waals surface area contributed by atoms with Crippen LogP contribution in [0.5, 0.6) is 0 Å². The molecule has 0 spiro atoms. The minimum Gasteiger partial charge on any atom is -0.376 e. The van der Waals surface area contributed by atoms with Gasteiger partial charge in [-0.25, -0.2) is 13.4 Å². The van der Waals surface area contributed by atoms with Crippen molar-refractivity contribution >= 4 is 32.8 Å². The number of thioether (sulfide) groups is 1. The van der Waals surface area contributed by atoms with Crippen molar-refractivity contribution in [2.24, 2.45) is 0 Å². The van der Waals surface area contributed by atoms with E-state index < -0.39 is 10.0 Å². The highest BCUT2D eigenvalue weighted by molar-refractivity contribution is 7.98. The number of aromatic nitrogens is 2. The Labute approximate surface area is 187 Å². The fourth-order valence-electron chi connectivity index (χ4n) is 4.33. The lowest BCUT2D eigenvalue weighted by Gasteiger charge is -2.16. The van der Waals surface area contributed by atoms with Crippen molar-refractivity contribution in [3.8, 4) is 0 Å². The summed E-state index contributed by atoms with van der Waals surface area (Å²) in [6.45, 7) is 2.76. The molecule has 0 aliphatic carbocycles. The van der Waals surface area contributed by atoms with Crippen LogP contribution in [0.1, 0.15) is 31.2 Å². The van der Waals surface area contributed by atoms with Gasteiger partial charge in [0.2, 0.25) is 10.0 Å². The second-order valence-corrected chi connectivity index (χ2v) is 11.1. The Kier molecular flexibility index (Phi) is 6.05. The maximum Gasteiger partial charge on any atom is 0.243 e. The lowest BCUT2D eigenvalue weighted by Crippen LogP contribution is -2.27. The third kappa shape index (κ3) is 4.39. The maximum atomic E-state index is 13.0. The summed E-state index contributed by atoms with van der Waals surface area (Å²) in [7, 11) is -3.46. The second-order valence-electron chi connectivity index (χ2n) is 8.18. The summed E-state index contributed by atoms with van der Waals surface area (Å²) in [5.74, 6) is 0.814. The van der Waals surface area contributed by atoms with E-state index in [4.69, 9.17) is 9.72 Å². The minimum absolute atomic E-state index is 0.182. The van der Waals surface area contributed by atoms with Gasteiger partial charge >= 0.3 is 0 Å². The van der Waals surface area contributed by atoms with E-state index >= 15 is 0 Å². The normalized spacial score (nSPS) is 20.1. The summed E-state index contributed by atoms with van der Waals surface area (Å²) in [6, 6.07) is 15.7. The molecule has 0 radical (unpaired) electrons. The van der Waals surface area contributed by atoms with Crippen LogP contribution in [0.4, 0.5) is 0 Å². The molecule has 0 saturated carbocycles. The summed E-state index contributed by atoms with van der Waals surface area (Å²) in [5.41, 5.74) is 2.93. The average Bonchev–Trinajstić information content (AvgIpc) is 3.55. The van der Waals surface area contributed by atoms with Gasteiger partial charge in [-0.05, 0) is 49.4 Å². The predicted octanol–water partition coefficient (Wildman–Crippen LogP) is 4.29. The molecule has 0 amide bonds. The molecule has 6 nitrogen and oxygen atoms in total. The fourth-order valence-corrected chi connectivity index (χ4v) is 6.84. The number of fused-ring (bicyclic) bond motifs is 1. The summed E-state index contributed by atoms with van der Waals surface area (Å²) < 4.78 is 35.7. The summed E-state index contributed by atoms with van der Waals surface area (Å²) >= 11 is 1.68. The van der Waals surface area contributed by atoms with Crippen LogP contribution in [-0.4, -0.2) is 48.1 Å². The van der Waals surface area contributed by atoms with Gasteiger partial charge in [-0.3, -0.25) is 0 Å². The number of sulfonamides is 1. The van der Waals surface area contributed by atoms with Crippen LogP contribution in [0.3, 0.4) is 0 Å². The van der Waals surface area contributed by atoms with E-state index in [9.17, 15) is 8.42 Å². The zero-order valence-corrected chi connectivity index (χ0v) is 19.1. The summed E-state index contributed by atoms with van der Waals surface area (Å²) in [4.78, 5) is 5.19. The number of imidazole rings is 1. The lowest BCUT2D eigenvalue weighted by atomic mass is 10.2. The molecule has 0 bridgehead atoms. The first-order valence-electron chi connectivity index (χ1n) is 10.9. The Morgan fingerprint density at radius 1 is 1.06 bits per heavy atom. The molecular weight excluding hydrogens is 430 g/mol. The standard InChI is InChI=1S/C23H27N3O3S2/c27-31(28,25-12-4-5-13-25)20-10-11-22-21(15-20)24-23(26(22)16-19-9-6-14-29-19)30-17-18-7-2-1-3-8-18/h1-3,7-8,10-11,15,19H,4-6,9,12-14,16-17H2/t19-/m1/s1. The molecule has 2 aliphatic rings. The average molecular weight is 458 g/mol. The third-order valence-electron chi connectivity index (χ3n) is 6.01. The van der Waals surface area contributed by atoms with Crippen molar-refractivity contribution in [3.63, 3.8) is 0 Å². The van der Waals surface area contributed by atoms with Gasteiger partial charge in [-0.15, -0.1) is 0 Å². The molecule has 8 heteroatoms. The summed E-state index contributed by atoms with van der Waals surface area (Å²) in [6.07, 6.45) is 4.17. The Morgan fingerprint density at radius 3 is 2.61 bits per heavy atom. The molecule has 2 saturated heterocycles. The summed E-state index contributed by atoms with van der Waals surface area (Å²) in [5, 5.41) is 0.907. The van der Waals surface area contributed by atoms with Crippen LogP contribution < -0.4 is 0 Å². The molecule has 31 heavy (non-hydrogen) atoms. The van der Waals surface area contributed by atoms with E-state index in [2.05, 4.69) is 16.7 Å². The van der Waals surface area contributed by atoms with Crippen molar-refractivity contribution in [3.05, 3.63) is 54.1 Å². The highest BCUT2D eigenvalue weighted by Crippen LogP contribution is 2.31. The van der Waals surface area contributed by atoms with E-state index in [0.29, 0.717) is 18.0 Å². The van der Waals surface area contributed by atoms with Crippen molar-refractivity contribution in [2.75, 3.05) is 19.7 Å². The Balaban J connectivity index is 1.49. The molecule has 5 rings (SSSR count). The van der Waals surface area contributed by atoms with E-state index in [1.54, 1.807) is 28.2 Å². The largest absolute Gasteiger partial charge is 0.376 e. The lowest BCUT2D eigenvalue weighted by molar-refractivity contribution is 0.0960. The van der Waals surface area contributed by atoms with Crippen molar-refractivity contribution in [2.45, 2.75) is 54.1 Å². The topological polar surface area (TPSA) is 64.4 Å². The maximum absolute atomic E-state index is 13.0. The van der Waals surface area contributed by atoms with Crippen LogP contribution in [0.2, 0.25) is 0 Å². The highest BCUT2D eigenvalue weighted by atomic mass is 32.2. The quantitative estimate of drug-likeness (QED) is 0.495. The third-order valence-corrected chi connectivity index (χ3v) is 8.95. The Hall–Kier alpha value is -1.87. The first-order valence-corrected chi connectivity index (χ1v) is 13.3. The minimum atomic E-state index is -3.46. The van der Waals surface area contributed by atoms with E-state index in [1.165, 1.54) is 5.56 Å². The smallest absolute Gasteiger partial charge is 0.243 e. The van der Waals surface area contributed by atoms with E-state index in [0.717, 1.165) is 60.8 Å². The number of nitrogens with zero attached hydrogens (tertiary/aromatic N) is 3. The number of ether oxygens (including phenoxy) is 1. The number of benzene rings is 2. The Morgan fingerprint density at radius 2 is 1.87 bits per heavy atom. The monoisotopic (exact) mass is 457 g/mol. The van der Waals surface area contributed by atoms with Crippen molar-refractivity contribution < 1.29 is 13.2 Å². The molecule has 3 aromatic rings. The first-order chi connectivity index (χ1) is 15.1. The van der Waals surface area contributed by atoms with Gasteiger partial charge < -0.3 is 9.30 Å². The molecule has 2 aliphatic heterocycles. The van der Waals surface area contributed by atoms with Crippen LogP contribution in [0.25, 0.3) is 11.0 Å². The van der Waals surface area contributed by atoms with Gasteiger partial charge in [0.15, 0.2) is 5.16 Å². The van der Waals surface area contributed by atoms with Gasteiger partial charge in [-0.2, -0.15) is 4.31 Å². The Bertz CT molecular complexity index is 1150. The van der Waals surface area contributed by atoms with Crippen LogP contribution in [-0.2, 0) is 27.1 Å². The van der Waals surface area contributed by atoms with Crippen LogP contribution in [0.15, 0.2) is 58.6 Å². The van der Waals surface area contributed by atoms with Gasteiger partial charge in [-0.1, -0.05) is 42.1 Å². The fraction of sp³-hybridized carbons (Fsp3) is 0.435. The molecule has 1 aromatic heterocycles. The zero-order chi connectivity index (χ0) is 21.3. The van der Waals surface area contributed by atoms with E-state index in [1.807, 2.05) is 24.3 Å². The molecule has 2 fully saturated rings. The predicted molar refractivity (Wildman–Crippen MR) is 123 cm³/mol. The van der Waals surface area contributed by atoms with Gasteiger partial charge in [0, 0.05) is 25.4 Å². The molecule has 0 N–H and O–H groups in total. The number of hydrogen-bond donors (Lipinski definition) is 0. The van der Waals surface area contributed by atoms with Crippen LogP contribution >= 0.6 is 11.8 Å². The highest BCUT2D eigenvalue weighted by Gasteiger charge is 2.28. The number of hydrogen-bond acceptors (Lipinski definition) is 5. The van der Waals surface area contributed by atoms with E-state index in [-0.39, 0.29) is 6.10 Å². The SMILES string of the molecule is O=S(=O)(c1ccc2c(c1)nc(SCc1ccccc1)n2C[C@H]1CCCO1)N1CCCC1. The molecular formula is C23H27N3O3S2. The van der Waals surface area contributed by atoms with Crippen molar-refractivity contribution in [1.82, 2.24) is 13.9 Å². The second kappa shape index (κ2) is 8.94. The van der Waals surface area contributed by atoms with Gasteiger partial charge in [0.1, 0.15) is 0 Å². The molecule has 2 aromatic carbocycles. The molecule has 164 valence electrons. The van der Waals surface area contributed by atoms with Crippen molar-refractivity contribution in [1.29, 1.82) is 0 Å². The van der Waals surface area contributed by atoms with Gasteiger partial charge in [0.05, 0.1) is 28.6 Å². The molecule has 0 unspecified atom stereocenters. The molecule has 1 atom stereocenters. The van der Waals surface area contributed by atoms with Crippen LogP contribution in [0, 0.1) is 0 Å².